The molecule has 0 radical (unpaired) electrons. The highest BCUT2D eigenvalue weighted by Gasteiger charge is 2.02. The fraction of sp³-hybridized carbons (Fsp3) is 0.333. The summed E-state index contributed by atoms with van der Waals surface area (Å²) >= 11 is 7.78. The lowest BCUT2D eigenvalue weighted by Crippen LogP contribution is -1.88. The molecule has 0 aliphatic carbocycles. The third-order valence-electron chi connectivity index (χ3n) is 1.86. The Labute approximate surface area is 81.5 Å². The first kappa shape index (κ1) is 9.14. The van der Waals surface area contributed by atoms with E-state index in [1.54, 1.807) is 0 Å². The van der Waals surface area contributed by atoms with Gasteiger partial charge in [-0.05, 0) is 30.5 Å². The second-order valence-electron chi connectivity index (χ2n) is 2.64. The van der Waals surface area contributed by atoms with Crippen LogP contribution in [0.25, 0.3) is 0 Å². The molecule has 0 bridgehead atoms. The van der Waals surface area contributed by atoms with Crippen molar-refractivity contribution >= 4 is 28.6 Å². The van der Waals surface area contributed by atoms with Crippen molar-refractivity contribution in [1.29, 1.82) is 0 Å². The lowest BCUT2D eigenvalue weighted by atomic mass is 10.1. The average Bonchev–Trinajstić information content (AvgIpc) is 2.01. The van der Waals surface area contributed by atoms with E-state index < -0.39 is 0 Å². The van der Waals surface area contributed by atoms with Crippen LogP contribution < -0.4 is 0 Å². The van der Waals surface area contributed by atoms with Crippen LogP contribution in [0, 0.1) is 13.8 Å². The van der Waals surface area contributed by atoms with Crippen molar-refractivity contribution in [2.45, 2.75) is 19.6 Å². The number of benzene rings is 1. The molecule has 0 saturated heterocycles. The summed E-state index contributed by atoms with van der Waals surface area (Å²) in [6, 6.07) is 4.24. The van der Waals surface area contributed by atoms with E-state index in [1.165, 1.54) is 21.2 Å². The summed E-state index contributed by atoms with van der Waals surface area (Å²) in [5.74, 6) is 0.810. The summed E-state index contributed by atoms with van der Waals surface area (Å²) in [5, 5.41) is 0. The Morgan fingerprint density at radius 1 is 1.36 bits per heavy atom. The van der Waals surface area contributed by atoms with Gasteiger partial charge in [-0.25, -0.2) is 0 Å². The molecule has 0 spiro atoms. The highest BCUT2D eigenvalue weighted by Crippen LogP contribution is 2.24. The molecule has 1 aromatic carbocycles. The number of hydrogen-bond acceptors (Lipinski definition) is 1. The minimum Gasteiger partial charge on any atom is -0.175 e. The molecule has 0 unspecified atom stereocenters. The van der Waals surface area contributed by atoms with Crippen LogP contribution in [0.4, 0.5) is 0 Å². The van der Waals surface area contributed by atoms with Crippen molar-refractivity contribution in [1.82, 2.24) is 0 Å². The van der Waals surface area contributed by atoms with Crippen LogP contribution in [0.15, 0.2) is 16.6 Å². The van der Waals surface area contributed by atoms with Gasteiger partial charge < -0.3 is 0 Å². The summed E-state index contributed by atoms with van der Waals surface area (Å²) in [5.41, 5.74) is 3.89. The van der Waals surface area contributed by atoms with Gasteiger partial charge in [-0.15, -0.1) is 0 Å². The lowest BCUT2D eigenvalue weighted by Gasteiger charge is -2.06. The molecular formula is C9H11BrS. The lowest BCUT2D eigenvalue weighted by molar-refractivity contribution is 1.25. The van der Waals surface area contributed by atoms with Crippen molar-refractivity contribution in [3.63, 3.8) is 0 Å². The number of rotatable bonds is 1. The van der Waals surface area contributed by atoms with E-state index in [2.05, 4.69) is 54.5 Å². The van der Waals surface area contributed by atoms with Gasteiger partial charge in [-0.3, -0.25) is 0 Å². The van der Waals surface area contributed by atoms with E-state index in [1.807, 2.05) is 0 Å². The van der Waals surface area contributed by atoms with Crippen molar-refractivity contribution in [3.05, 3.63) is 33.3 Å². The Morgan fingerprint density at radius 2 is 2.00 bits per heavy atom. The molecule has 0 fully saturated rings. The number of halogens is 1. The van der Waals surface area contributed by atoms with Gasteiger partial charge in [0.15, 0.2) is 0 Å². The fourth-order valence-electron chi connectivity index (χ4n) is 1.03. The Bertz CT molecular complexity index is 269. The highest BCUT2D eigenvalue weighted by atomic mass is 79.9. The van der Waals surface area contributed by atoms with Gasteiger partial charge in [0.2, 0.25) is 0 Å². The molecule has 0 heterocycles. The zero-order valence-electron chi connectivity index (χ0n) is 6.69. The molecule has 0 aliphatic heterocycles. The molecule has 0 N–H and O–H groups in total. The molecule has 1 aromatic rings. The van der Waals surface area contributed by atoms with Crippen molar-refractivity contribution in [2.24, 2.45) is 0 Å². The van der Waals surface area contributed by atoms with Crippen LogP contribution in [0.3, 0.4) is 0 Å². The Morgan fingerprint density at radius 3 is 2.55 bits per heavy atom. The van der Waals surface area contributed by atoms with Gasteiger partial charge in [-0.1, -0.05) is 28.1 Å². The first-order valence-electron chi connectivity index (χ1n) is 3.52. The quantitative estimate of drug-likeness (QED) is 0.702. The van der Waals surface area contributed by atoms with Gasteiger partial charge >= 0.3 is 0 Å². The van der Waals surface area contributed by atoms with E-state index in [0.29, 0.717) is 0 Å². The number of thiol groups is 1. The first-order chi connectivity index (χ1) is 5.16. The molecule has 2 heteroatoms. The number of aryl methyl sites for hydroxylation is 1. The highest BCUT2D eigenvalue weighted by molar-refractivity contribution is 9.10. The Hall–Kier alpha value is 0.0500. The van der Waals surface area contributed by atoms with Gasteiger partial charge in [0.25, 0.3) is 0 Å². The van der Waals surface area contributed by atoms with Crippen molar-refractivity contribution in [2.75, 3.05) is 0 Å². The molecule has 0 aromatic heterocycles. The molecule has 1 rings (SSSR count). The van der Waals surface area contributed by atoms with Crippen molar-refractivity contribution < 1.29 is 0 Å². The molecule has 0 saturated carbocycles. The second kappa shape index (κ2) is 3.63. The molecule has 0 nitrogen and oxygen atoms in total. The van der Waals surface area contributed by atoms with E-state index >= 15 is 0 Å². The van der Waals surface area contributed by atoms with Crippen LogP contribution in [0.1, 0.15) is 16.7 Å². The molecular weight excluding hydrogens is 220 g/mol. The van der Waals surface area contributed by atoms with Crippen LogP contribution in [0.2, 0.25) is 0 Å². The van der Waals surface area contributed by atoms with E-state index in [9.17, 15) is 0 Å². The largest absolute Gasteiger partial charge is 0.175 e. The van der Waals surface area contributed by atoms with E-state index in [-0.39, 0.29) is 0 Å². The van der Waals surface area contributed by atoms with E-state index in [0.717, 1.165) is 5.75 Å². The number of hydrogen-bond donors (Lipinski definition) is 1. The smallest absolute Gasteiger partial charge is 0.0236 e. The van der Waals surface area contributed by atoms with Crippen LogP contribution in [-0.2, 0) is 5.75 Å². The monoisotopic (exact) mass is 230 g/mol. The first-order valence-corrected chi connectivity index (χ1v) is 4.94. The van der Waals surface area contributed by atoms with Gasteiger partial charge in [0, 0.05) is 10.2 Å². The Kier molecular flexibility index (Phi) is 3.02. The van der Waals surface area contributed by atoms with Crippen LogP contribution in [-0.4, -0.2) is 0 Å². The molecule has 0 atom stereocenters. The Balaban J connectivity index is 3.25. The molecule has 0 aliphatic rings. The SMILES string of the molecule is Cc1ccc(CS)c(C)c1Br. The minimum atomic E-state index is 0.810. The topological polar surface area (TPSA) is 0 Å². The van der Waals surface area contributed by atoms with Gasteiger partial charge in [-0.2, -0.15) is 12.6 Å². The zero-order chi connectivity index (χ0) is 8.43. The maximum Gasteiger partial charge on any atom is 0.0236 e. The second-order valence-corrected chi connectivity index (χ2v) is 3.75. The zero-order valence-corrected chi connectivity index (χ0v) is 9.17. The van der Waals surface area contributed by atoms with Gasteiger partial charge in [0.1, 0.15) is 0 Å². The summed E-state index contributed by atoms with van der Waals surface area (Å²) in [7, 11) is 0. The predicted octanol–water partition coefficient (Wildman–Crippen LogP) is 3.50. The predicted molar refractivity (Wildman–Crippen MR) is 56.3 cm³/mol. The molecule has 0 amide bonds. The normalized spacial score (nSPS) is 10.2. The van der Waals surface area contributed by atoms with Crippen LogP contribution in [0.5, 0.6) is 0 Å². The third-order valence-corrected chi connectivity index (χ3v) is 3.42. The molecule has 60 valence electrons. The van der Waals surface area contributed by atoms with Gasteiger partial charge in [0.05, 0.1) is 0 Å². The average molecular weight is 231 g/mol. The molecule has 11 heavy (non-hydrogen) atoms. The summed E-state index contributed by atoms with van der Waals surface area (Å²) < 4.78 is 1.21. The van der Waals surface area contributed by atoms with Crippen LogP contribution >= 0.6 is 28.6 Å². The third kappa shape index (κ3) is 1.79. The van der Waals surface area contributed by atoms with E-state index in [4.69, 9.17) is 0 Å². The summed E-state index contributed by atoms with van der Waals surface area (Å²) in [6.45, 7) is 4.21. The van der Waals surface area contributed by atoms with Crippen molar-refractivity contribution in [3.8, 4) is 0 Å². The standard InChI is InChI=1S/C9H11BrS/c1-6-3-4-8(5-11)7(2)9(6)10/h3-4,11H,5H2,1-2H3. The fourth-order valence-corrected chi connectivity index (χ4v) is 1.76. The maximum atomic E-state index is 4.24. The summed E-state index contributed by atoms with van der Waals surface area (Å²) in [6.07, 6.45) is 0. The summed E-state index contributed by atoms with van der Waals surface area (Å²) in [4.78, 5) is 0. The minimum absolute atomic E-state index is 0.810. The maximum absolute atomic E-state index is 4.24.